The molecule has 0 radical (unpaired) electrons. The van der Waals surface area contributed by atoms with Gasteiger partial charge in [-0.3, -0.25) is 0 Å². The van der Waals surface area contributed by atoms with Crippen molar-refractivity contribution in [1.82, 2.24) is 10.6 Å². The Hall–Kier alpha value is -1.55. The molecule has 1 aromatic carbocycles. The van der Waals surface area contributed by atoms with E-state index < -0.39 is 5.60 Å². The topological polar surface area (TPSA) is 61.4 Å². The second-order valence-corrected chi connectivity index (χ2v) is 5.92. The number of aryl methyl sites for hydroxylation is 1. The van der Waals surface area contributed by atoms with Crippen LogP contribution in [0.5, 0.6) is 0 Å². The predicted molar refractivity (Wildman–Crippen MR) is 79.7 cm³/mol. The Balaban J connectivity index is 1.88. The zero-order valence-electron chi connectivity index (χ0n) is 12.5. The number of urea groups is 1. The molecule has 1 saturated carbocycles. The molecule has 0 bridgehead atoms. The molecule has 0 aliphatic heterocycles. The van der Waals surface area contributed by atoms with E-state index in [9.17, 15) is 9.90 Å². The van der Waals surface area contributed by atoms with E-state index in [1.165, 1.54) is 11.1 Å². The average molecular weight is 276 g/mol. The highest BCUT2D eigenvalue weighted by atomic mass is 16.3. The summed E-state index contributed by atoms with van der Waals surface area (Å²) in [6.45, 7) is 6.44. The molecule has 1 aromatic rings. The summed E-state index contributed by atoms with van der Waals surface area (Å²) in [5.41, 5.74) is 2.88. The molecule has 0 spiro atoms. The highest BCUT2D eigenvalue weighted by Gasteiger charge is 2.34. The molecule has 20 heavy (non-hydrogen) atoms. The van der Waals surface area contributed by atoms with Gasteiger partial charge in [-0.05, 0) is 56.7 Å². The van der Waals surface area contributed by atoms with Crippen LogP contribution < -0.4 is 10.6 Å². The van der Waals surface area contributed by atoms with Crippen molar-refractivity contribution in [3.8, 4) is 0 Å². The molecular weight excluding hydrogens is 252 g/mol. The van der Waals surface area contributed by atoms with E-state index in [0.29, 0.717) is 6.54 Å². The summed E-state index contributed by atoms with van der Waals surface area (Å²) in [7, 11) is 0. The monoisotopic (exact) mass is 276 g/mol. The summed E-state index contributed by atoms with van der Waals surface area (Å²) in [4.78, 5) is 11.9. The molecule has 2 amide bonds. The second kappa shape index (κ2) is 5.83. The van der Waals surface area contributed by atoms with Crippen molar-refractivity contribution in [2.24, 2.45) is 0 Å². The molecule has 0 saturated heterocycles. The smallest absolute Gasteiger partial charge is 0.315 e. The van der Waals surface area contributed by atoms with Crippen LogP contribution in [-0.4, -0.2) is 23.3 Å². The van der Waals surface area contributed by atoms with E-state index in [0.717, 1.165) is 24.8 Å². The van der Waals surface area contributed by atoms with Crippen LogP contribution >= 0.6 is 0 Å². The number of hydrogen-bond acceptors (Lipinski definition) is 2. The van der Waals surface area contributed by atoms with Gasteiger partial charge in [0.15, 0.2) is 0 Å². The standard InChI is InChI=1S/C16H24N2O2/c1-11-6-4-7-14(12(11)2)13(3)18-15(19)17-10-16(20)8-5-9-16/h4,6-7,13,20H,5,8-10H2,1-3H3,(H2,17,18,19). The van der Waals surface area contributed by atoms with Crippen molar-refractivity contribution in [2.75, 3.05) is 6.54 Å². The fraction of sp³-hybridized carbons (Fsp3) is 0.562. The summed E-state index contributed by atoms with van der Waals surface area (Å²) < 4.78 is 0. The van der Waals surface area contributed by atoms with Crippen LogP contribution in [0.25, 0.3) is 0 Å². The van der Waals surface area contributed by atoms with E-state index >= 15 is 0 Å². The number of hydrogen-bond donors (Lipinski definition) is 3. The first-order chi connectivity index (χ1) is 9.41. The predicted octanol–water partition coefficient (Wildman–Crippen LogP) is 2.58. The molecule has 1 aliphatic carbocycles. The summed E-state index contributed by atoms with van der Waals surface area (Å²) in [6, 6.07) is 5.83. The largest absolute Gasteiger partial charge is 0.388 e. The molecule has 0 aromatic heterocycles. The molecule has 2 rings (SSSR count). The number of carbonyl (C=O) groups excluding carboxylic acids is 1. The Morgan fingerprint density at radius 2 is 2.10 bits per heavy atom. The molecule has 1 aliphatic rings. The van der Waals surface area contributed by atoms with Crippen molar-refractivity contribution in [3.05, 3.63) is 34.9 Å². The van der Waals surface area contributed by atoms with E-state index in [-0.39, 0.29) is 12.1 Å². The lowest BCUT2D eigenvalue weighted by Gasteiger charge is -2.36. The minimum Gasteiger partial charge on any atom is -0.388 e. The minimum atomic E-state index is -0.681. The first kappa shape index (κ1) is 14.9. The fourth-order valence-electron chi connectivity index (χ4n) is 2.57. The molecule has 4 heteroatoms. The highest BCUT2D eigenvalue weighted by molar-refractivity contribution is 5.74. The number of benzene rings is 1. The normalized spacial score (nSPS) is 18.0. The molecule has 3 N–H and O–H groups in total. The molecular formula is C16H24N2O2. The summed E-state index contributed by atoms with van der Waals surface area (Å²) >= 11 is 0. The van der Waals surface area contributed by atoms with Crippen molar-refractivity contribution < 1.29 is 9.90 Å². The molecule has 1 fully saturated rings. The first-order valence-electron chi connectivity index (χ1n) is 7.24. The second-order valence-electron chi connectivity index (χ2n) is 5.92. The third-order valence-corrected chi connectivity index (χ3v) is 4.32. The van der Waals surface area contributed by atoms with Gasteiger partial charge in [-0.25, -0.2) is 4.79 Å². The van der Waals surface area contributed by atoms with Crippen LogP contribution in [0.1, 0.15) is 48.9 Å². The van der Waals surface area contributed by atoms with Crippen LogP contribution in [0.3, 0.4) is 0 Å². The van der Waals surface area contributed by atoms with Crippen molar-refractivity contribution in [3.63, 3.8) is 0 Å². The minimum absolute atomic E-state index is 0.0501. The lowest BCUT2D eigenvalue weighted by molar-refractivity contribution is -0.0290. The van der Waals surface area contributed by atoms with Gasteiger partial charge in [0.25, 0.3) is 0 Å². The summed E-state index contributed by atoms with van der Waals surface area (Å²) in [5, 5.41) is 15.6. The maximum atomic E-state index is 11.9. The van der Waals surface area contributed by atoms with Crippen LogP contribution in [0, 0.1) is 13.8 Å². The van der Waals surface area contributed by atoms with Crippen molar-refractivity contribution in [1.29, 1.82) is 0 Å². The van der Waals surface area contributed by atoms with Gasteiger partial charge in [-0.15, -0.1) is 0 Å². The Morgan fingerprint density at radius 1 is 1.40 bits per heavy atom. The maximum Gasteiger partial charge on any atom is 0.315 e. The van der Waals surface area contributed by atoms with Crippen LogP contribution in [0.2, 0.25) is 0 Å². The lowest BCUT2D eigenvalue weighted by atomic mass is 9.80. The van der Waals surface area contributed by atoms with Gasteiger partial charge in [0, 0.05) is 6.54 Å². The van der Waals surface area contributed by atoms with E-state index in [1.807, 2.05) is 19.1 Å². The Morgan fingerprint density at radius 3 is 2.70 bits per heavy atom. The number of amides is 2. The van der Waals surface area contributed by atoms with Crippen LogP contribution in [0.4, 0.5) is 4.79 Å². The number of carbonyl (C=O) groups is 1. The molecule has 0 heterocycles. The van der Waals surface area contributed by atoms with Gasteiger partial charge >= 0.3 is 6.03 Å². The van der Waals surface area contributed by atoms with E-state index in [4.69, 9.17) is 0 Å². The van der Waals surface area contributed by atoms with Gasteiger partial charge in [0.2, 0.25) is 0 Å². The fourth-order valence-corrected chi connectivity index (χ4v) is 2.57. The molecule has 1 atom stereocenters. The SMILES string of the molecule is Cc1cccc(C(C)NC(=O)NCC2(O)CCC2)c1C. The quantitative estimate of drug-likeness (QED) is 0.791. The Kier molecular flexibility index (Phi) is 4.33. The van der Waals surface area contributed by atoms with Gasteiger partial charge < -0.3 is 15.7 Å². The zero-order chi connectivity index (χ0) is 14.8. The molecule has 110 valence electrons. The van der Waals surface area contributed by atoms with Crippen LogP contribution in [0.15, 0.2) is 18.2 Å². The summed E-state index contributed by atoms with van der Waals surface area (Å²) in [5.74, 6) is 0. The van der Waals surface area contributed by atoms with Gasteiger partial charge in [0.05, 0.1) is 11.6 Å². The van der Waals surface area contributed by atoms with Crippen molar-refractivity contribution in [2.45, 2.75) is 51.7 Å². The third kappa shape index (κ3) is 3.31. The summed E-state index contributed by atoms with van der Waals surface area (Å²) in [6.07, 6.45) is 2.60. The number of aliphatic hydroxyl groups is 1. The molecule has 4 nitrogen and oxygen atoms in total. The Labute approximate surface area is 120 Å². The lowest BCUT2D eigenvalue weighted by Crippen LogP contribution is -2.50. The average Bonchev–Trinajstić information content (AvgIpc) is 2.37. The Bertz CT molecular complexity index is 495. The van der Waals surface area contributed by atoms with Gasteiger partial charge in [-0.2, -0.15) is 0 Å². The van der Waals surface area contributed by atoms with E-state index in [1.54, 1.807) is 0 Å². The maximum absolute atomic E-state index is 11.9. The van der Waals surface area contributed by atoms with Crippen molar-refractivity contribution >= 4 is 6.03 Å². The number of nitrogens with one attached hydrogen (secondary N) is 2. The van der Waals surface area contributed by atoms with Crippen LogP contribution in [-0.2, 0) is 0 Å². The van der Waals surface area contributed by atoms with E-state index in [2.05, 4.69) is 30.5 Å². The van der Waals surface area contributed by atoms with Gasteiger partial charge in [0.1, 0.15) is 0 Å². The zero-order valence-corrected chi connectivity index (χ0v) is 12.5. The number of rotatable bonds is 4. The third-order valence-electron chi connectivity index (χ3n) is 4.32. The van der Waals surface area contributed by atoms with Gasteiger partial charge in [-0.1, -0.05) is 18.2 Å². The highest BCUT2D eigenvalue weighted by Crippen LogP contribution is 2.30. The molecule has 1 unspecified atom stereocenters. The first-order valence-corrected chi connectivity index (χ1v) is 7.24.